The van der Waals surface area contributed by atoms with Gasteiger partial charge in [-0.05, 0) is 57.6 Å². The minimum Gasteiger partial charge on any atom is -0.310 e. The minimum absolute atomic E-state index is 0.647. The van der Waals surface area contributed by atoms with Crippen molar-refractivity contribution in [3.05, 3.63) is 18.7 Å². The zero-order chi connectivity index (χ0) is 13.1. The van der Waals surface area contributed by atoms with Crippen LogP contribution in [0.3, 0.4) is 0 Å². The van der Waals surface area contributed by atoms with Gasteiger partial charge in [0.1, 0.15) is 18.7 Å². The Balaban J connectivity index is 2.04. The summed E-state index contributed by atoms with van der Waals surface area (Å²) in [6.07, 6.45) is 1.79. The molecule has 2 aromatic heterocycles. The average Bonchev–Trinajstić information content (AvgIpc) is 2.88. The van der Waals surface area contributed by atoms with Gasteiger partial charge in [0.15, 0.2) is 0 Å². The van der Waals surface area contributed by atoms with E-state index in [0.29, 0.717) is 5.92 Å². The first-order valence-corrected chi connectivity index (χ1v) is 8.47. The summed E-state index contributed by atoms with van der Waals surface area (Å²) < 4.78 is 4.03. The first kappa shape index (κ1) is 14.6. The average molecular weight is 489 g/mol. The first-order valence-electron chi connectivity index (χ1n) is 5.49. The van der Waals surface area contributed by atoms with E-state index >= 15 is 0 Å². The summed E-state index contributed by atoms with van der Waals surface area (Å²) in [6, 6.07) is 0. The van der Waals surface area contributed by atoms with Crippen molar-refractivity contribution in [2.24, 2.45) is 5.92 Å². The molecule has 98 valence electrons. The molecule has 2 heterocycles. The van der Waals surface area contributed by atoms with Crippen molar-refractivity contribution in [2.45, 2.75) is 20.4 Å². The van der Waals surface area contributed by atoms with Gasteiger partial charge in [-0.3, -0.25) is 4.57 Å². The van der Waals surface area contributed by atoms with E-state index in [0.717, 1.165) is 30.6 Å². The molecule has 0 aliphatic heterocycles. The Bertz CT molecular complexity index is 522. The van der Waals surface area contributed by atoms with E-state index < -0.39 is 0 Å². The molecule has 0 amide bonds. The predicted octanol–water partition coefficient (Wildman–Crippen LogP) is 2.68. The molecule has 0 unspecified atom stereocenters. The summed E-state index contributed by atoms with van der Waals surface area (Å²) in [5.41, 5.74) is 0. The van der Waals surface area contributed by atoms with Crippen LogP contribution in [0.15, 0.2) is 6.33 Å². The molecule has 0 fully saturated rings. The number of nitrogens with one attached hydrogen (secondary N) is 1. The lowest BCUT2D eigenvalue weighted by Crippen LogP contribution is -2.18. The van der Waals surface area contributed by atoms with Crippen LogP contribution in [0.4, 0.5) is 0 Å². The van der Waals surface area contributed by atoms with Crippen molar-refractivity contribution in [1.82, 2.24) is 25.1 Å². The summed E-state index contributed by atoms with van der Waals surface area (Å²) in [5, 5.41) is 13.6. The Kier molecular flexibility index (Phi) is 5.33. The van der Waals surface area contributed by atoms with Crippen LogP contribution in [0.25, 0.3) is 5.13 Å². The second-order valence-electron chi connectivity index (χ2n) is 4.20. The highest BCUT2D eigenvalue weighted by Gasteiger charge is 2.11. The van der Waals surface area contributed by atoms with E-state index in [1.54, 1.807) is 17.7 Å². The fourth-order valence-corrected chi connectivity index (χ4v) is 3.15. The third-order valence-electron chi connectivity index (χ3n) is 2.16. The Morgan fingerprint density at radius 3 is 2.78 bits per heavy atom. The fourth-order valence-electron chi connectivity index (χ4n) is 1.33. The van der Waals surface area contributed by atoms with Gasteiger partial charge in [-0.15, -0.1) is 10.2 Å². The van der Waals surface area contributed by atoms with Gasteiger partial charge in [0.25, 0.3) is 0 Å². The predicted molar refractivity (Wildman–Crippen MR) is 89.0 cm³/mol. The van der Waals surface area contributed by atoms with Crippen molar-refractivity contribution in [3.8, 4) is 5.13 Å². The first-order chi connectivity index (χ1) is 8.58. The summed E-state index contributed by atoms with van der Waals surface area (Å²) in [6.45, 7) is 6.15. The smallest absolute Gasteiger partial charge is 0.218 e. The molecule has 5 nitrogen and oxygen atoms in total. The van der Waals surface area contributed by atoms with Crippen LogP contribution < -0.4 is 5.32 Å². The summed E-state index contributed by atoms with van der Waals surface area (Å²) in [4.78, 5) is 4.25. The van der Waals surface area contributed by atoms with Crippen LogP contribution >= 0.6 is 56.5 Å². The highest BCUT2D eigenvalue weighted by atomic mass is 127. The second kappa shape index (κ2) is 6.57. The van der Waals surface area contributed by atoms with Crippen molar-refractivity contribution in [3.63, 3.8) is 0 Å². The van der Waals surface area contributed by atoms with E-state index in [1.807, 2.05) is 4.57 Å². The van der Waals surface area contributed by atoms with E-state index in [-0.39, 0.29) is 0 Å². The third-order valence-corrected chi connectivity index (χ3v) is 5.93. The summed E-state index contributed by atoms with van der Waals surface area (Å²) in [5.74, 6) is 0.647. The van der Waals surface area contributed by atoms with E-state index in [2.05, 4.69) is 79.5 Å². The molecule has 8 heteroatoms. The van der Waals surface area contributed by atoms with Gasteiger partial charge in [-0.1, -0.05) is 25.2 Å². The molecular formula is C10H13I2N5S. The Hall–Kier alpha value is 0.190. The number of rotatable bonds is 5. The third kappa shape index (κ3) is 3.61. The van der Waals surface area contributed by atoms with Crippen LogP contribution in [0.1, 0.15) is 18.9 Å². The molecule has 18 heavy (non-hydrogen) atoms. The summed E-state index contributed by atoms with van der Waals surface area (Å²) in [7, 11) is 0. The lowest BCUT2D eigenvalue weighted by Gasteiger charge is -2.03. The van der Waals surface area contributed by atoms with Gasteiger partial charge in [-0.2, -0.15) is 0 Å². The normalized spacial score (nSPS) is 11.4. The van der Waals surface area contributed by atoms with Gasteiger partial charge in [0.2, 0.25) is 5.13 Å². The van der Waals surface area contributed by atoms with Crippen LogP contribution in [-0.2, 0) is 6.54 Å². The van der Waals surface area contributed by atoms with Gasteiger partial charge in [0, 0.05) is 6.54 Å². The van der Waals surface area contributed by atoms with E-state index in [9.17, 15) is 0 Å². The molecule has 0 atom stereocenters. The van der Waals surface area contributed by atoms with E-state index in [4.69, 9.17) is 0 Å². The maximum Gasteiger partial charge on any atom is 0.218 e. The fraction of sp³-hybridized carbons (Fsp3) is 0.500. The van der Waals surface area contributed by atoms with Crippen LogP contribution in [0, 0.1) is 13.3 Å². The van der Waals surface area contributed by atoms with Crippen LogP contribution in [0.2, 0.25) is 0 Å². The van der Waals surface area contributed by atoms with Gasteiger partial charge in [0.05, 0.1) is 0 Å². The molecular weight excluding hydrogens is 476 g/mol. The summed E-state index contributed by atoms with van der Waals surface area (Å²) >= 11 is 6.07. The Morgan fingerprint density at radius 1 is 1.39 bits per heavy atom. The number of hydrogen-bond donors (Lipinski definition) is 1. The van der Waals surface area contributed by atoms with Crippen LogP contribution in [0.5, 0.6) is 0 Å². The maximum absolute atomic E-state index is 4.25. The highest BCUT2D eigenvalue weighted by molar-refractivity contribution is 14.1. The Labute approximate surface area is 137 Å². The molecule has 0 aromatic carbocycles. The van der Waals surface area contributed by atoms with Crippen molar-refractivity contribution >= 4 is 56.5 Å². The van der Waals surface area contributed by atoms with Gasteiger partial charge in [-0.25, -0.2) is 4.98 Å². The standard InChI is InChI=1S/C10H13I2N5S/c1-6(2)3-13-4-7-15-16-10(18-7)17-5-14-8(11)9(17)12/h5-6,13H,3-4H2,1-2H3. The van der Waals surface area contributed by atoms with Crippen molar-refractivity contribution < 1.29 is 0 Å². The second-order valence-corrected chi connectivity index (χ2v) is 7.28. The largest absolute Gasteiger partial charge is 0.310 e. The number of hydrogen-bond acceptors (Lipinski definition) is 5. The zero-order valence-corrected chi connectivity index (χ0v) is 15.2. The van der Waals surface area contributed by atoms with E-state index in [1.165, 1.54) is 0 Å². The molecule has 1 N–H and O–H groups in total. The number of imidazole rings is 1. The molecule has 2 aromatic rings. The quantitative estimate of drug-likeness (QED) is 0.657. The monoisotopic (exact) mass is 489 g/mol. The topological polar surface area (TPSA) is 55.6 Å². The zero-order valence-electron chi connectivity index (χ0n) is 10.0. The maximum atomic E-state index is 4.25. The number of aromatic nitrogens is 4. The molecule has 2 rings (SSSR count). The molecule has 0 radical (unpaired) electrons. The lowest BCUT2D eigenvalue weighted by molar-refractivity contribution is 0.550. The Morgan fingerprint density at radius 2 is 2.17 bits per heavy atom. The molecule has 0 saturated carbocycles. The SMILES string of the molecule is CC(C)CNCc1nnc(-n2cnc(I)c2I)s1. The van der Waals surface area contributed by atoms with Crippen LogP contribution in [-0.4, -0.2) is 26.3 Å². The van der Waals surface area contributed by atoms with Gasteiger partial charge < -0.3 is 5.32 Å². The molecule has 0 spiro atoms. The molecule has 0 aliphatic rings. The van der Waals surface area contributed by atoms with Crippen molar-refractivity contribution in [1.29, 1.82) is 0 Å². The molecule has 0 bridgehead atoms. The molecule has 0 aliphatic carbocycles. The number of halogens is 2. The number of nitrogens with zero attached hydrogens (tertiary/aromatic N) is 4. The lowest BCUT2D eigenvalue weighted by atomic mass is 10.2. The van der Waals surface area contributed by atoms with Crippen molar-refractivity contribution in [2.75, 3.05) is 6.54 Å². The molecule has 0 saturated heterocycles. The minimum atomic E-state index is 0.647. The van der Waals surface area contributed by atoms with Gasteiger partial charge >= 0.3 is 0 Å². The highest BCUT2D eigenvalue weighted by Crippen LogP contribution is 2.21.